The summed E-state index contributed by atoms with van der Waals surface area (Å²) >= 11 is 0. The molecular weight excluding hydrogens is 298 g/mol. The molecule has 0 saturated heterocycles. The zero-order valence-electron chi connectivity index (χ0n) is 13.9. The Labute approximate surface area is 131 Å². The van der Waals surface area contributed by atoms with Gasteiger partial charge in [-0.3, -0.25) is 4.57 Å². The monoisotopic (exact) mass is 321 g/mol. The average molecular weight is 321 g/mol. The highest BCUT2D eigenvalue weighted by Gasteiger charge is 2.31. The molecule has 5 nitrogen and oxygen atoms in total. The fourth-order valence-corrected chi connectivity index (χ4v) is 3.54. The molecule has 0 bridgehead atoms. The van der Waals surface area contributed by atoms with Crippen molar-refractivity contribution in [3.05, 3.63) is 24.3 Å². The van der Waals surface area contributed by atoms with E-state index in [0.29, 0.717) is 16.6 Å². The number of ether oxygens (including phenoxy) is 2. The van der Waals surface area contributed by atoms with Crippen LogP contribution >= 0.6 is 0 Å². The zero-order chi connectivity index (χ0) is 16.7. The van der Waals surface area contributed by atoms with E-state index in [9.17, 15) is 9.59 Å². The topological polar surface area (TPSA) is 60.7 Å². The highest BCUT2D eigenvalue weighted by molar-refractivity contribution is 6.83. The van der Waals surface area contributed by atoms with E-state index in [1.165, 1.54) is 4.57 Å². The summed E-state index contributed by atoms with van der Waals surface area (Å²) in [6.07, 6.45) is -0.475. The first-order valence-electron chi connectivity index (χ1n) is 7.18. The number of fused-ring (bicyclic) bond motifs is 1. The van der Waals surface area contributed by atoms with Crippen molar-refractivity contribution in [1.29, 1.82) is 0 Å². The van der Waals surface area contributed by atoms with E-state index in [2.05, 4.69) is 0 Å². The summed E-state index contributed by atoms with van der Waals surface area (Å²) in [5.41, 5.74) is 0.109. The first kappa shape index (κ1) is 16.6. The number of methoxy groups -OCH3 is 1. The Balaban J connectivity index is 2.66. The van der Waals surface area contributed by atoms with Crippen molar-refractivity contribution in [2.24, 2.45) is 0 Å². The minimum atomic E-state index is -2.71. The number of nitrogens with zero attached hydrogens (tertiary/aromatic N) is 1. The summed E-state index contributed by atoms with van der Waals surface area (Å²) in [5.74, 6) is 0.706. The summed E-state index contributed by atoms with van der Waals surface area (Å²) in [5, 5.41) is 1.46. The molecular formula is C16H23NO4Si. The summed E-state index contributed by atoms with van der Waals surface area (Å²) in [4.78, 5) is 23.1. The van der Waals surface area contributed by atoms with Crippen LogP contribution in [0.1, 0.15) is 20.8 Å². The van der Waals surface area contributed by atoms with Gasteiger partial charge in [0.2, 0.25) is 8.32 Å². The molecule has 0 amide bonds. The summed E-state index contributed by atoms with van der Waals surface area (Å²) < 4.78 is 12.2. The molecule has 1 N–H and O–H groups in total. The van der Waals surface area contributed by atoms with E-state index in [-0.39, 0.29) is 0 Å². The van der Waals surface area contributed by atoms with Gasteiger partial charge < -0.3 is 14.3 Å². The van der Waals surface area contributed by atoms with Crippen LogP contribution in [0.25, 0.3) is 10.9 Å². The first-order valence-corrected chi connectivity index (χ1v) is 10.1. The minimum absolute atomic E-state index is 0.475. The van der Waals surface area contributed by atoms with Crippen molar-refractivity contribution in [2.45, 2.75) is 39.5 Å². The van der Waals surface area contributed by atoms with Gasteiger partial charge in [0, 0.05) is 10.7 Å². The Morgan fingerprint density at radius 1 is 1.23 bits per heavy atom. The van der Waals surface area contributed by atoms with Gasteiger partial charge in [0.15, 0.2) is 0 Å². The van der Waals surface area contributed by atoms with Gasteiger partial charge >= 0.3 is 6.09 Å². The Morgan fingerprint density at radius 2 is 1.86 bits per heavy atom. The van der Waals surface area contributed by atoms with Crippen molar-refractivity contribution in [3.8, 4) is 5.75 Å². The minimum Gasteiger partial charge on any atom is -0.497 e. The molecule has 1 aromatic carbocycles. The summed E-state index contributed by atoms with van der Waals surface area (Å²) in [6.45, 7) is 9.01. The van der Waals surface area contributed by atoms with E-state index in [0.717, 1.165) is 5.39 Å². The number of rotatable bonds is 2. The van der Waals surface area contributed by atoms with Crippen LogP contribution in [-0.4, -0.2) is 36.5 Å². The molecule has 0 aliphatic heterocycles. The third kappa shape index (κ3) is 3.33. The van der Waals surface area contributed by atoms with Crippen LogP contribution in [0.3, 0.4) is 0 Å². The molecule has 0 unspecified atom stereocenters. The number of aromatic nitrogens is 1. The number of hydrogen-bond donors (Lipinski definition) is 1. The Hall–Kier alpha value is -1.79. The van der Waals surface area contributed by atoms with Gasteiger partial charge in [-0.15, -0.1) is 0 Å². The molecule has 0 atom stereocenters. The van der Waals surface area contributed by atoms with E-state index in [4.69, 9.17) is 9.47 Å². The van der Waals surface area contributed by atoms with Crippen LogP contribution in [0.15, 0.2) is 24.3 Å². The van der Waals surface area contributed by atoms with Gasteiger partial charge in [-0.2, -0.15) is 0 Å². The van der Waals surface area contributed by atoms with Crippen molar-refractivity contribution in [1.82, 2.24) is 4.57 Å². The van der Waals surface area contributed by atoms with E-state index in [1.807, 2.05) is 39.0 Å². The highest BCUT2D eigenvalue weighted by Crippen LogP contribution is 2.23. The lowest BCUT2D eigenvalue weighted by molar-refractivity contribution is 0.0548. The van der Waals surface area contributed by atoms with Crippen LogP contribution in [0.2, 0.25) is 13.1 Å². The zero-order valence-corrected chi connectivity index (χ0v) is 14.9. The molecule has 0 aliphatic rings. The second-order valence-electron chi connectivity index (χ2n) is 6.83. The fraction of sp³-hybridized carbons (Fsp3) is 0.438. The number of hydrogen-bond acceptors (Lipinski definition) is 4. The Bertz CT molecular complexity index is 707. The Kier molecular flexibility index (Phi) is 4.10. The van der Waals surface area contributed by atoms with Crippen LogP contribution in [-0.2, 0) is 4.74 Å². The van der Waals surface area contributed by atoms with Gasteiger partial charge in [-0.1, -0.05) is 0 Å². The van der Waals surface area contributed by atoms with E-state index in [1.54, 1.807) is 26.3 Å². The molecule has 2 rings (SSSR count). The van der Waals surface area contributed by atoms with Gasteiger partial charge in [-0.25, -0.2) is 4.79 Å². The Morgan fingerprint density at radius 3 is 2.36 bits per heavy atom. The first-order chi connectivity index (χ1) is 10.0. The second kappa shape index (κ2) is 5.44. The summed E-state index contributed by atoms with van der Waals surface area (Å²) in [6, 6.07) is 7.29. The fourth-order valence-electron chi connectivity index (χ4n) is 2.27. The molecule has 0 saturated carbocycles. The molecule has 0 aliphatic carbocycles. The number of carbonyl (C=O) groups is 1. The lowest BCUT2D eigenvalue weighted by Gasteiger charge is -2.23. The summed E-state index contributed by atoms with van der Waals surface area (Å²) in [7, 11) is -1.11. The van der Waals surface area contributed by atoms with E-state index >= 15 is 0 Å². The van der Waals surface area contributed by atoms with Crippen molar-refractivity contribution in [3.63, 3.8) is 0 Å². The molecule has 1 heterocycles. The van der Waals surface area contributed by atoms with Gasteiger partial charge in [0.1, 0.15) is 11.4 Å². The van der Waals surface area contributed by atoms with Crippen LogP contribution in [0.4, 0.5) is 4.79 Å². The third-order valence-electron chi connectivity index (χ3n) is 3.21. The molecule has 0 spiro atoms. The van der Waals surface area contributed by atoms with Gasteiger partial charge in [0.25, 0.3) is 0 Å². The molecule has 2 aromatic rings. The lowest BCUT2D eigenvalue weighted by atomic mass is 10.2. The smallest absolute Gasteiger partial charge is 0.418 e. The predicted molar refractivity (Wildman–Crippen MR) is 89.5 cm³/mol. The van der Waals surface area contributed by atoms with Crippen LogP contribution < -0.4 is 10.1 Å². The maximum atomic E-state index is 12.6. The van der Waals surface area contributed by atoms with Crippen molar-refractivity contribution >= 4 is 30.6 Å². The molecule has 0 fully saturated rings. The standard InChI is InChI=1S/C16H23NO4Si/c1-16(2,3)21-15(18)17-13-8-7-12(20-4)9-11(13)10-14(17)22(5,6)19/h7-10,19H,1-6H3. The second-order valence-corrected chi connectivity index (χ2v) is 10.5. The molecule has 6 heteroatoms. The lowest BCUT2D eigenvalue weighted by Crippen LogP contribution is -2.48. The third-order valence-corrected chi connectivity index (χ3v) is 4.83. The van der Waals surface area contributed by atoms with Crippen molar-refractivity contribution in [2.75, 3.05) is 7.11 Å². The van der Waals surface area contributed by atoms with Crippen molar-refractivity contribution < 1.29 is 19.1 Å². The largest absolute Gasteiger partial charge is 0.497 e. The maximum absolute atomic E-state index is 12.6. The van der Waals surface area contributed by atoms with Crippen LogP contribution in [0, 0.1) is 0 Å². The normalized spacial score (nSPS) is 12.5. The highest BCUT2D eigenvalue weighted by atomic mass is 28.4. The quantitative estimate of drug-likeness (QED) is 0.864. The maximum Gasteiger partial charge on any atom is 0.418 e. The molecule has 1 aromatic heterocycles. The number of carbonyl (C=O) groups excluding carboxylic acids is 1. The molecule has 22 heavy (non-hydrogen) atoms. The van der Waals surface area contributed by atoms with Gasteiger partial charge in [0.05, 0.1) is 12.6 Å². The SMILES string of the molecule is COc1ccc2c(c1)cc([Si](C)(C)O)n2C(=O)OC(C)(C)C. The van der Waals surface area contributed by atoms with E-state index < -0.39 is 20.0 Å². The van der Waals surface area contributed by atoms with Gasteiger partial charge in [-0.05, 0) is 58.1 Å². The average Bonchev–Trinajstić information content (AvgIpc) is 2.74. The van der Waals surface area contributed by atoms with Crippen LogP contribution in [0.5, 0.6) is 5.75 Å². The molecule has 120 valence electrons. The predicted octanol–water partition coefficient (Wildman–Crippen LogP) is 2.84. The molecule has 0 radical (unpaired) electrons. The number of benzene rings is 1.